The second-order valence-electron chi connectivity index (χ2n) is 4.03. The normalized spacial score (nSPS) is 28.2. The molecule has 3 nitrogen and oxygen atoms in total. The lowest BCUT2D eigenvalue weighted by molar-refractivity contribution is -0.0676. The summed E-state index contributed by atoms with van der Waals surface area (Å²) in [7, 11) is 0. The number of hydrogen-bond donors (Lipinski definition) is 0. The van der Waals surface area contributed by atoms with E-state index >= 15 is 0 Å². The number of rotatable bonds is 6. The van der Waals surface area contributed by atoms with Crippen molar-refractivity contribution < 1.29 is 9.47 Å². The van der Waals surface area contributed by atoms with E-state index in [1.54, 1.807) is 0 Å². The van der Waals surface area contributed by atoms with Crippen LogP contribution in [0.4, 0.5) is 0 Å². The summed E-state index contributed by atoms with van der Waals surface area (Å²) < 4.78 is 11.0. The van der Waals surface area contributed by atoms with Crippen LogP contribution in [-0.4, -0.2) is 55.8 Å². The van der Waals surface area contributed by atoms with Crippen LogP contribution in [0.5, 0.6) is 0 Å². The second-order valence-corrected chi connectivity index (χ2v) is 4.34. The van der Waals surface area contributed by atoms with Gasteiger partial charge in [-0.2, -0.15) is 0 Å². The van der Waals surface area contributed by atoms with Crippen LogP contribution < -0.4 is 0 Å². The van der Waals surface area contributed by atoms with Gasteiger partial charge in [-0.15, -0.1) is 11.6 Å². The molecule has 1 saturated heterocycles. The molecule has 1 rings (SSSR count). The number of alkyl halides is 1. The van der Waals surface area contributed by atoms with Gasteiger partial charge in [0, 0.05) is 38.7 Å². The minimum atomic E-state index is 0.197. The van der Waals surface area contributed by atoms with Crippen LogP contribution in [0.1, 0.15) is 20.3 Å². The lowest BCUT2D eigenvalue weighted by Crippen LogP contribution is -2.47. The third kappa shape index (κ3) is 5.16. The van der Waals surface area contributed by atoms with Crippen LogP contribution in [0.15, 0.2) is 0 Å². The highest BCUT2D eigenvalue weighted by Crippen LogP contribution is 2.12. The van der Waals surface area contributed by atoms with Gasteiger partial charge in [-0.05, 0) is 20.3 Å². The molecule has 15 heavy (non-hydrogen) atoms. The Hall–Kier alpha value is 0.170. The van der Waals surface area contributed by atoms with E-state index in [1.807, 2.05) is 6.92 Å². The summed E-state index contributed by atoms with van der Waals surface area (Å²) in [6.45, 7) is 8.85. The van der Waals surface area contributed by atoms with Gasteiger partial charge < -0.3 is 9.47 Å². The number of halogens is 1. The fourth-order valence-electron chi connectivity index (χ4n) is 1.94. The molecule has 0 aromatic rings. The molecule has 0 aromatic heterocycles. The zero-order valence-electron chi connectivity index (χ0n) is 9.75. The Balaban J connectivity index is 2.16. The third-order valence-corrected chi connectivity index (χ3v) is 2.89. The molecule has 4 heteroatoms. The zero-order chi connectivity index (χ0) is 11.1. The predicted molar refractivity (Wildman–Crippen MR) is 62.6 cm³/mol. The first-order valence-electron chi connectivity index (χ1n) is 5.77. The molecule has 0 N–H and O–H groups in total. The molecule has 0 aromatic carbocycles. The molecular formula is C11H22ClNO2. The fourth-order valence-corrected chi connectivity index (χ4v) is 2.11. The van der Waals surface area contributed by atoms with Gasteiger partial charge >= 0.3 is 0 Å². The van der Waals surface area contributed by atoms with E-state index < -0.39 is 0 Å². The molecule has 2 atom stereocenters. The minimum absolute atomic E-state index is 0.197. The number of morpholine rings is 1. The van der Waals surface area contributed by atoms with E-state index in [1.165, 1.54) is 0 Å². The Kier molecular flexibility index (Phi) is 6.57. The van der Waals surface area contributed by atoms with Crippen molar-refractivity contribution in [1.82, 2.24) is 4.90 Å². The maximum atomic E-state index is 5.82. The highest BCUT2D eigenvalue weighted by atomic mass is 35.5. The standard InChI is InChI=1S/C11H22ClNO2/c1-3-14-6-4-5-13-8-10(2)15-11(7-12)9-13/h10-11H,3-9H2,1-2H3. The van der Waals surface area contributed by atoms with Crippen LogP contribution in [0.2, 0.25) is 0 Å². The van der Waals surface area contributed by atoms with Crippen molar-refractivity contribution in [2.24, 2.45) is 0 Å². The summed E-state index contributed by atoms with van der Waals surface area (Å²) in [5.74, 6) is 0.590. The van der Waals surface area contributed by atoms with Gasteiger partial charge in [-0.1, -0.05) is 0 Å². The Morgan fingerprint density at radius 2 is 2.27 bits per heavy atom. The summed E-state index contributed by atoms with van der Waals surface area (Å²) in [5.41, 5.74) is 0. The average molecular weight is 236 g/mol. The van der Waals surface area contributed by atoms with Gasteiger partial charge in [0.15, 0.2) is 0 Å². The SMILES string of the molecule is CCOCCCN1CC(C)OC(CCl)C1. The van der Waals surface area contributed by atoms with Gasteiger partial charge in [-0.25, -0.2) is 0 Å². The van der Waals surface area contributed by atoms with Gasteiger partial charge in [0.1, 0.15) is 0 Å². The third-order valence-electron chi connectivity index (χ3n) is 2.54. The van der Waals surface area contributed by atoms with Gasteiger partial charge in [0.05, 0.1) is 12.2 Å². The van der Waals surface area contributed by atoms with Crippen molar-refractivity contribution in [1.29, 1.82) is 0 Å². The second kappa shape index (κ2) is 7.44. The first kappa shape index (κ1) is 13.2. The lowest BCUT2D eigenvalue weighted by atomic mass is 10.2. The molecule has 0 radical (unpaired) electrons. The van der Waals surface area contributed by atoms with E-state index in [2.05, 4.69) is 11.8 Å². The van der Waals surface area contributed by atoms with Crippen molar-refractivity contribution in [3.8, 4) is 0 Å². The van der Waals surface area contributed by atoms with E-state index in [0.717, 1.165) is 39.3 Å². The topological polar surface area (TPSA) is 21.7 Å². The number of hydrogen-bond acceptors (Lipinski definition) is 3. The highest BCUT2D eigenvalue weighted by molar-refractivity contribution is 6.18. The minimum Gasteiger partial charge on any atom is -0.382 e. The monoisotopic (exact) mass is 235 g/mol. The summed E-state index contributed by atoms with van der Waals surface area (Å²) >= 11 is 5.82. The summed E-state index contributed by atoms with van der Waals surface area (Å²) in [4.78, 5) is 2.42. The first-order valence-corrected chi connectivity index (χ1v) is 6.31. The smallest absolute Gasteiger partial charge is 0.0841 e. The Morgan fingerprint density at radius 1 is 1.47 bits per heavy atom. The van der Waals surface area contributed by atoms with Crippen LogP contribution in [-0.2, 0) is 9.47 Å². The van der Waals surface area contributed by atoms with Gasteiger partial charge in [0.2, 0.25) is 0 Å². The molecule has 0 saturated carbocycles. The Labute approximate surface area is 97.7 Å². The summed E-state index contributed by atoms with van der Waals surface area (Å²) in [6.07, 6.45) is 1.59. The van der Waals surface area contributed by atoms with Gasteiger partial charge in [-0.3, -0.25) is 4.90 Å². The molecule has 0 spiro atoms. The molecular weight excluding hydrogens is 214 g/mol. The molecule has 1 aliphatic rings. The number of nitrogens with zero attached hydrogens (tertiary/aromatic N) is 1. The molecule has 2 unspecified atom stereocenters. The molecule has 0 amide bonds. The molecule has 1 aliphatic heterocycles. The van der Waals surface area contributed by atoms with Gasteiger partial charge in [0.25, 0.3) is 0 Å². The van der Waals surface area contributed by atoms with Crippen molar-refractivity contribution in [2.45, 2.75) is 32.5 Å². The van der Waals surface area contributed by atoms with Crippen molar-refractivity contribution in [2.75, 3.05) is 38.7 Å². The van der Waals surface area contributed by atoms with E-state index in [-0.39, 0.29) is 6.10 Å². The molecule has 1 heterocycles. The van der Waals surface area contributed by atoms with E-state index in [0.29, 0.717) is 12.0 Å². The van der Waals surface area contributed by atoms with Crippen molar-refractivity contribution in [3.05, 3.63) is 0 Å². The lowest BCUT2D eigenvalue weighted by Gasteiger charge is -2.36. The first-order chi connectivity index (χ1) is 7.26. The van der Waals surface area contributed by atoms with Crippen molar-refractivity contribution >= 4 is 11.6 Å². The molecule has 0 bridgehead atoms. The van der Waals surface area contributed by atoms with Crippen LogP contribution in [0.3, 0.4) is 0 Å². The number of ether oxygens (including phenoxy) is 2. The van der Waals surface area contributed by atoms with E-state index in [9.17, 15) is 0 Å². The summed E-state index contributed by atoms with van der Waals surface area (Å²) in [5, 5.41) is 0. The zero-order valence-corrected chi connectivity index (χ0v) is 10.5. The molecule has 0 aliphatic carbocycles. The van der Waals surface area contributed by atoms with Crippen LogP contribution in [0, 0.1) is 0 Å². The van der Waals surface area contributed by atoms with E-state index in [4.69, 9.17) is 21.1 Å². The fraction of sp³-hybridized carbons (Fsp3) is 1.00. The Bertz CT molecular complexity index is 169. The van der Waals surface area contributed by atoms with Crippen LogP contribution >= 0.6 is 11.6 Å². The Morgan fingerprint density at radius 3 is 2.93 bits per heavy atom. The molecule has 90 valence electrons. The quantitative estimate of drug-likeness (QED) is 0.517. The van der Waals surface area contributed by atoms with Crippen LogP contribution in [0.25, 0.3) is 0 Å². The maximum absolute atomic E-state index is 5.82. The average Bonchev–Trinajstić information content (AvgIpc) is 2.23. The van der Waals surface area contributed by atoms with Crippen molar-refractivity contribution in [3.63, 3.8) is 0 Å². The summed E-state index contributed by atoms with van der Waals surface area (Å²) in [6, 6.07) is 0. The molecule has 1 fully saturated rings. The largest absolute Gasteiger partial charge is 0.382 e. The predicted octanol–water partition coefficient (Wildman–Crippen LogP) is 1.74. The highest BCUT2D eigenvalue weighted by Gasteiger charge is 2.23. The maximum Gasteiger partial charge on any atom is 0.0841 e.